The lowest BCUT2D eigenvalue weighted by molar-refractivity contribution is -0.151. The topological polar surface area (TPSA) is 52.6 Å². The summed E-state index contributed by atoms with van der Waals surface area (Å²) in [6.45, 7) is 5.61. The molecule has 0 amide bonds. The summed E-state index contributed by atoms with van der Waals surface area (Å²) >= 11 is 0. The molecule has 1 aromatic carbocycles. The summed E-state index contributed by atoms with van der Waals surface area (Å²) in [4.78, 5) is 22.9. The van der Waals surface area contributed by atoms with Gasteiger partial charge in [-0.15, -0.1) is 0 Å². The van der Waals surface area contributed by atoms with Gasteiger partial charge in [0.25, 0.3) is 0 Å². The van der Waals surface area contributed by atoms with Crippen LogP contribution in [0.2, 0.25) is 0 Å². The fourth-order valence-electron chi connectivity index (χ4n) is 1.26. The van der Waals surface area contributed by atoms with E-state index in [1.165, 1.54) is 12.2 Å². The van der Waals surface area contributed by atoms with Gasteiger partial charge in [0.1, 0.15) is 13.2 Å². The van der Waals surface area contributed by atoms with Crippen LogP contribution in [-0.2, 0) is 25.7 Å². The molecule has 0 heterocycles. The van der Waals surface area contributed by atoms with Crippen molar-refractivity contribution in [3.05, 3.63) is 48.0 Å². The Balaban J connectivity index is 2.26. The highest BCUT2D eigenvalue weighted by atomic mass is 16.5. The fourth-order valence-corrected chi connectivity index (χ4v) is 1.26. The van der Waals surface area contributed by atoms with Crippen molar-refractivity contribution in [3.8, 4) is 0 Å². The highest BCUT2D eigenvalue weighted by Crippen LogP contribution is 2.14. The van der Waals surface area contributed by atoms with Crippen molar-refractivity contribution in [1.82, 2.24) is 0 Å². The van der Waals surface area contributed by atoms with Gasteiger partial charge in [-0.3, -0.25) is 4.79 Å². The molecular formula is C16H20O4. The average Bonchev–Trinajstić information content (AvgIpc) is 2.41. The molecule has 0 saturated carbocycles. The first-order valence-electron chi connectivity index (χ1n) is 6.44. The van der Waals surface area contributed by atoms with Gasteiger partial charge in [0.15, 0.2) is 0 Å². The normalized spacial score (nSPS) is 11.3. The zero-order valence-electron chi connectivity index (χ0n) is 12.1. The average molecular weight is 276 g/mol. The molecule has 0 saturated heterocycles. The molecule has 0 spiro atoms. The van der Waals surface area contributed by atoms with E-state index in [2.05, 4.69) is 0 Å². The molecule has 0 N–H and O–H groups in total. The van der Waals surface area contributed by atoms with Crippen molar-refractivity contribution >= 4 is 11.9 Å². The third kappa shape index (κ3) is 6.18. The zero-order chi connectivity index (χ0) is 15.0. The maximum Gasteiger partial charge on any atom is 0.330 e. The molecule has 0 aliphatic carbocycles. The van der Waals surface area contributed by atoms with Crippen LogP contribution < -0.4 is 0 Å². The largest absolute Gasteiger partial charge is 0.461 e. The number of ether oxygens (including phenoxy) is 2. The minimum atomic E-state index is -0.540. The van der Waals surface area contributed by atoms with E-state index < -0.39 is 11.4 Å². The number of rotatable bonds is 5. The molecule has 0 aliphatic heterocycles. The van der Waals surface area contributed by atoms with Gasteiger partial charge in [-0.2, -0.15) is 0 Å². The van der Waals surface area contributed by atoms with E-state index in [4.69, 9.17) is 9.47 Å². The summed E-state index contributed by atoms with van der Waals surface area (Å²) in [5.41, 5.74) is 0.384. The number of hydrogen-bond acceptors (Lipinski definition) is 4. The molecule has 4 nitrogen and oxygen atoms in total. The molecule has 1 rings (SSSR count). The lowest BCUT2D eigenvalue weighted by Gasteiger charge is -2.15. The van der Waals surface area contributed by atoms with Crippen LogP contribution in [0.4, 0.5) is 0 Å². The van der Waals surface area contributed by atoms with Gasteiger partial charge in [0.05, 0.1) is 5.41 Å². The number of esters is 2. The molecule has 20 heavy (non-hydrogen) atoms. The Labute approximate surface area is 119 Å². The summed E-state index contributed by atoms with van der Waals surface area (Å²) in [7, 11) is 0. The molecule has 1 aromatic rings. The lowest BCUT2D eigenvalue weighted by atomic mass is 9.97. The number of carbonyl (C=O) groups is 2. The van der Waals surface area contributed by atoms with Gasteiger partial charge >= 0.3 is 11.9 Å². The molecule has 4 heteroatoms. The van der Waals surface area contributed by atoms with Crippen LogP contribution in [0.5, 0.6) is 0 Å². The molecule has 0 radical (unpaired) electrons. The summed E-state index contributed by atoms with van der Waals surface area (Å²) in [5, 5.41) is 0. The maximum absolute atomic E-state index is 11.4. The number of carbonyl (C=O) groups excluding carboxylic acids is 2. The fraction of sp³-hybridized carbons (Fsp3) is 0.375. The predicted octanol–water partition coefficient (Wildman–Crippen LogP) is 2.88. The second kappa shape index (κ2) is 7.48. The van der Waals surface area contributed by atoms with Crippen molar-refractivity contribution in [1.29, 1.82) is 0 Å². The third-order valence-electron chi connectivity index (χ3n) is 2.40. The van der Waals surface area contributed by atoms with Gasteiger partial charge in [-0.25, -0.2) is 4.79 Å². The van der Waals surface area contributed by atoms with Crippen LogP contribution in [0, 0.1) is 5.41 Å². The highest BCUT2D eigenvalue weighted by Gasteiger charge is 2.22. The molecule has 108 valence electrons. The molecule has 0 unspecified atom stereocenters. The molecule has 0 fully saturated rings. The summed E-state index contributed by atoms with van der Waals surface area (Å²) in [6, 6.07) is 9.41. The van der Waals surface area contributed by atoms with E-state index >= 15 is 0 Å². The summed E-state index contributed by atoms with van der Waals surface area (Å²) in [6.07, 6.45) is 2.73. The first-order valence-corrected chi connectivity index (χ1v) is 6.44. The standard InChI is InChI=1S/C16H20O4/c1-16(2,3)15(18)19-11-7-10-14(17)20-12-13-8-5-4-6-9-13/h4-10H,11-12H2,1-3H3/b10-7+. The van der Waals surface area contributed by atoms with Crippen LogP contribution in [0.25, 0.3) is 0 Å². The van der Waals surface area contributed by atoms with Crippen LogP contribution >= 0.6 is 0 Å². The van der Waals surface area contributed by atoms with Crippen molar-refractivity contribution in [2.45, 2.75) is 27.4 Å². The zero-order valence-corrected chi connectivity index (χ0v) is 12.1. The second-order valence-electron chi connectivity index (χ2n) is 5.34. The van der Waals surface area contributed by atoms with Crippen LogP contribution in [0.15, 0.2) is 42.5 Å². The van der Waals surface area contributed by atoms with E-state index in [0.29, 0.717) is 0 Å². The van der Waals surface area contributed by atoms with Crippen LogP contribution in [0.1, 0.15) is 26.3 Å². The minimum Gasteiger partial charge on any atom is -0.461 e. The predicted molar refractivity (Wildman–Crippen MR) is 75.8 cm³/mol. The minimum absolute atomic E-state index is 0.0660. The summed E-state index contributed by atoms with van der Waals surface area (Å²) < 4.78 is 10.0. The Morgan fingerprint density at radius 3 is 2.35 bits per heavy atom. The number of hydrogen-bond donors (Lipinski definition) is 0. The van der Waals surface area contributed by atoms with Crippen LogP contribution in [0.3, 0.4) is 0 Å². The van der Waals surface area contributed by atoms with Gasteiger partial charge in [-0.05, 0) is 32.4 Å². The molecule has 0 atom stereocenters. The molecule has 0 bridgehead atoms. The number of benzene rings is 1. The van der Waals surface area contributed by atoms with Gasteiger partial charge in [0, 0.05) is 6.08 Å². The van der Waals surface area contributed by atoms with E-state index in [-0.39, 0.29) is 19.2 Å². The first kappa shape index (κ1) is 16.0. The van der Waals surface area contributed by atoms with Crippen molar-refractivity contribution in [2.75, 3.05) is 6.61 Å². The molecular weight excluding hydrogens is 256 g/mol. The second-order valence-corrected chi connectivity index (χ2v) is 5.34. The Hall–Kier alpha value is -2.10. The lowest BCUT2D eigenvalue weighted by Crippen LogP contribution is -2.22. The Kier molecular flexibility index (Phi) is 5.97. The third-order valence-corrected chi connectivity index (χ3v) is 2.40. The van der Waals surface area contributed by atoms with E-state index in [1.807, 2.05) is 30.3 Å². The summed E-state index contributed by atoms with van der Waals surface area (Å²) in [5.74, 6) is -0.763. The SMILES string of the molecule is CC(C)(C)C(=O)OC/C=C/C(=O)OCc1ccccc1. The monoisotopic (exact) mass is 276 g/mol. The quantitative estimate of drug-likeness (QED) is 0.613. The van der Waals surface area contributed by atoms with Crippen molar-refractivity contribution < 1.29 is 19.1 Å². The van der Waals surface area contributed by atoms with Gasteiger partial charge in [0.2, 0.25) is 0 Å². The Morgan fingerprint density at radius 1 is 1.10 bits per heavy atom. The Morgan fingerprint density at radius 2 is 1.75 bits per heavy atom. The first-order chi connectivity index (χ1) is 9.39. The van der Waals surface area contributed by atoms with Gasteiger partial charge in [-0.1, -0.05) is 30.3 Å². The van der Waals surface area contributed by atoms with Crippen LogP contribution in [-0.4, -0.2) is 18.5 Å². The van der Waals surface area contributed by atoms with Crippen molar-refractivity contribution in [2.24, 2.45) is 5.41 Å². The van der Waals surface area contributed by atoms with E-state index in [1.54, 1.807) is 20.8 Å². The molecule has 0 aromatic heterocycles. The smallest absolute Gasteiger partial charge is 0.330 e. The maximum atomic E-state index is 11.4. The highest BCUT2D eigenvalue weighted by molar-refractivity contribution is 5.82. The van der Waals surface area contributed by atoms with E-state index in [9.17, 15) is 9.59 Å². The Bertz CT molecular complexity index is 469. The van der Waals surface area contributed by atoms with E-state index in [0.717, 1.165) is 5.56 Å². The van der Waals surface area contributed by atoms with Gasteiger partial charge < -0.3 is 9.47 Å². The van der Waals surface area contributed by atoms with Crippen molar-refractivity contribution in [3.63, 3.8) is 0 Å². The molecule has 0 aliphatic rings.